The van der Waals surface area contributed by atoms with E-state index < -0.39 is 29.5 Å². The van der Waals surface area contributed by atoms with Crippen molar-refractivity contribution in [2.75, 3.05) is 6.54 Å². The van der Waals surface area contributed by atoms with Gasteiger partial charge in [-0.3, -0.25) is 9.78 Å². The number of carbonyl (C=O) groups is 1. The molecule has 0 spiro atoms. The molecule has 2 atom stereocenters. The Hall–Kier alpha value is -1.93. The number of rotatable bonds is 4. The summed E-state index contributed by atoms with van der Waals surface area (Å²) >= 11 is 0. The Morgan fingerprint density at radius 1 is 1.50 bits per heavy atom. The van der Waals surface area contributed by atoms with Gasteiger partial charge in [0.1, 0.15) is 17.8 Å². The smallest absolute Gasteiger partial charge is 0.407 e. The molecule has 1 amide bonds. The molecule has 0 aliphatic heterocycles. The number of alkyl carbamates (subject to hydrolysis) is 1. The van der Waals surface area contributed by atoms with Gasteiger partial charge in [-0.2, -0.15) is 0 Å². The fraction of sp³-hybridized carbons (Fsp3) is 0.583. The molecule has 112 valence electrons. The number of aliphatic hydroxyl groups is 2. The quantitative estimate of drug-likeness (QED) is 0.601. The molecule has 8 heteroatoms. The van der Waals surface area contributed by atoms with Crippen molar-refractivity contribution in [2.45, 2.75) is 38.6 Å². The fourth-order valence-electron chi connectivity index (χ4n) is 1.33. The minimum Gasteiger partial charge on any atom is -0.444 e. The summed E-state index contributed by atoms with van der Waals surface area (Å²) in [5, 5.41) is 21.9. The SMILES string of the molecule is CC(C)(C)OC(=O)NCC(O)C(O)c1c[nH]c(=O)cn1. The van der Waals surface area contributed by atoms with Crippen molar-refractivity contribution in [3.05, 3.63) is 28.4 Å². The summed E-state index contributed by atoms with van der Waals surface area (Å²) in [6.07, 6.45) is -1.11. The van der Waals surface area contributed by atoms with E-state index in [9.17, 15) is 19.8 Å². The molecule has 1 heterocycles. The van der Waals surface area contributed by atoms with Crippen LogP contribution >= 0.6 is 0 Å². The lowest BCUT2D eigenvalue weighted by Crippen LogP contribution is -2.39. The van der Waals surface area contributed by atoms with E-state index in [1.165, 1.54) is 6.20 Å². The number of aliphatic hydroxyl groups excluding tert-OH is 2. The monoisotopic (exact) mass is 285 g/mol. The molecule has 0 aliphatic carbocycles. The van der Waals surface area contributed by atoms with E-state index in [4.69, 9.17) is 4.74 Å². The second-order valence-electron chi connectivity index (χ2n) is 5.23. The van der Waals surface area contributed by atoms with Crippen molar-refractivity contribution < 1.29 is 19.7 Å². The molecule has 20 heavy (non-hydrogen) atoms. The van der Waals surface area contributed by atoms with Crippen LogP contribution in [0.2, 0.25) is 0 Å². The molecule has 0 radical (unpaired) electrons. The lowest BCUT2D eigenvalue weighted by molar-refractivity contribution is 0.0107. The summed E-state index contributed by atoms with van der Waals surface area (Å²) in [4.78, 5) is 28.2. The first-order valence-electron chi connectivity index (χ1n) is 6.06. The third-order valence-corrected chi connectivity index (χ3v) is 2.22. The van der Waals surface area contributed by atoms with Gasteiger partial charge < -0.3 is 25.3 Å². The van der Waals surface area contributed by atoms with Crippen molar-refractivity contribution in [3.63, 3.8) is 0 Å². The first kappa shape index (κ1) is 16.1. The maximum Gasteiger partial charge on any atom is 0.407 e. The van der Waals surface area contributed by atoms with Gasteiger partial charge in [0.2, 0.25) is 0 Å². The van der Waals surface area contributed by atoms with Gasteiger partial charge in [-0.1, -0.05) is 0 Å². The Morgan fingerprint density at radius 2 is 2.15 bits per heavy atom. The number of hydrogen-bond acceptors (Lipinski definition) is 6. The fourth-order valence-corrected chi connectivity index (χ4v) is 1.33. The molecule has 1 aromatic heterocycles. The minimum absolute atomic E-state index is 0.100. The molecule has 0 bridgehead atoms. The van der Waals surface area contributed by atoms with Gasteiger partial charge in [0, 0.05) is 12.7 Å². The van der Waals surface area contributed by atoms with Crippen molar-refractivity contribution in [3.8, 4) is 0 Å². The van der Waals surface area contributed by atoms with E-state index in [2.05, 4.69) is 15.3 Å². The molecule has 0 saturated carbocycles. The highest BCUT2D eigenvalue weighted by molar-refractivity contribution is 5.67. The Labute approximate surface area is 115 Å². The molecular weight excluding hydrogens is 266 g/mol. The number of amides is 1. The Kier molecular flexibility index (Phi) is 5.23. The normalized spacial score (nSPS) is 14.4. The molecule has 0 aliphatic rings. The van der Waals surface area contributed by atoms with Crippen LogP contribution in [0.3, 0.4) is 0 Å². The number of H-pyrrole nitrogens is 1. The number of hydrogen-bond donors (Lipinski definition) is 4. The highest BCUT2D eigenvalue weighted by Gasteiger charge is 2.22. The molecule has 0 saturated heterocycles. The summed E-state index contributed by atoms with van der Waals surface area (Å²) in [5.74, 6) is 0. The number of nitrogens with one attached hydrogen (secondary N) is 2. The number of nitrogens with zero attached hydrogens (tertiary/aromatic N) is 1. The third-order valence-electron chi connectivity index (χ3n) is 2.22. The van der Waals surface area contributed by atoms with Crippen molar-refractivity contribution in [2.24, 2.45) is 0 Å². The van der Waals surface area contributed by atoms with Crippen LogP contribution in [0.5, 0.6) is 0 Å². The second-order valence-corrected chi connectivity index (χ2v) is 5.23. The highest BCUT2D eigenvalue weighted by Crippen LogP contribution is 2.12. The van der Waals surface area contributed by atoms with E-state index in [0.29, 0.717) is 0 Å². The summed E-state index contributed by atoms with van der Waals surface area (Å²) in [6.45, 7) is 4.92. The first-order valence-corrected chi connectivity index (χ1v) is 6.06. The largest absolute Gasteiger partial charge is 0.444 e. The zero-order valence-corrected chi connectivity index (χ0v) is 11.6. The predicted molar refractivity (Wildman–Crippen MR) is 70.1 cm³/mol. The van der Waals surface area contributed by atoms with E-state index in [-0.39, 0.29) is 12.2 Å². The predicted octanol–water partition coefficient (Wildman–Crippen LogP) is -0.311. The van der Waals surface area contributed by atoms with E-state index >= 15 is 0 Å². The first-order chi connectivity index (χ1) is 9.19. The number of carbonyl (C=O) groups excluding carboxylic acids is 1. The molecule has 8 nitrogen and oxygen atoms in total. The topological polar surface area (TPSA) is 125 Å². The van der Waals surface area contributed by atoms with Gasteiger partial charge in [0.15, 0.2) is 0 Å². The number of aromatic amines is 1. The van der Waals surface area contributed by atoms with Crippen molar-refractivity contribution in [1.82, 2.24) is 15.3 Å². The lowest BCUT2D eigenvalue weighted by Gasteiger charge is -2.21. The molecule has 2 unspecified atom stereocenters. The highest BCUT2D eigenvalue weighted by atomic mass is 16.6. The Morgan fingerprint density at radius 3 is 2.65 bits per heavy atom. The van der Waals surface area contributed by atoms with E-state index in [1.54, 1.807) is 20.8 Å². The summed E-state index contributed by atoms with van der Waals surface area (Å²) in [7, 11) is 0. The number of aromatic nitrogens is 2. The van der Waals surface area contributed by atoms with Gasteiger partial charge in [0.05, 0.1) is 11.9 Å². The molecule has 1 aromatic rings. The van der Waals surface area contributed by atoms with Gasteiger partial charge in [0.25, 0.3) is 5.56 Å². The summed E-state index contributed by atoms with van der Waals surface area (Å²) in [6, 6.07) is 0. The Bertz CT molecular complexity index is 488. The van der Waals surface area contributed by atoms with E-state index in [0.717, 1.165) is 6.20 Å². The molecule has 0 fully saturated rings. The van der Waals surface area contributed by atoms with Crippen LogP contribution in [-0.2, 0) is 4.74 Å². The zero-order chi connectivity index (χ0) is 15.3. The van der Waals surface area contributed by atoms with Gasteiger partial charge >= 0.3 is 6.09 Å². The van der Waals surface area contributed by atoms with E-state index in [1.807, 2.05) is 0 Å². The lowest BCUT2D eigenvalue weighted by atomic mass is 10.1. The third kappa shape index (κ3) is 5.37. The number of ether oxygens (including phenoxy) is 1. The molecule has 1 rings (SSSR count). The van der Waals surface area contributed by atoms with Crippen molar-refractivity contribution >= 4 is 6.09 Å². The Balaban J connectivity index is 2.50. The second kappa shape index (κ2) is 6.49. The molecule has 4 N–H and O–H groups in total. The minimum atomic E-state index is -1.33. The van der Waals surface area contributed by atoms with Crippen LogP contribution in [0.1, 0.15) is 32.6 Å². The zero-order valence-electron chi connectivity index (χ0n) is 11.6. The maximum absolute atomic E-state index is 11.4. The van der Waals surface area contributed by atoms with Gasteiger partial charge in [-0.15, -0.1) is 0 Å². The summed E-state index contributed by atoms with van der Waals surface area (Å²) in [5.41, 5.74) is -0.959. The van der Waals surface area contributed by atoms with Crippen LogP contribution < -0.4 is 10.9 Å². The van der Waals surface area contributed by atoms with Crippen LogP contribution in [0.25, 0.3) is 0 Å². The van der Waals surface area contributed by atoms with Crippen LogP contribution in [0.4, 0.5) is 4.79 Å². The van der Waals surface area contributed by atoms with Crippen LogP contribution in [0.15, 0.2) is 17.2 Å². The van der Waals surface area contributed by atoms with Crippen molar-refractivity contribution in [1.29, 1.82) is 0 Å². The van der Waals surface area contributed by atoms with Gasteiger partial charge in [-0.25, -0.2) is 4.79 Å². The molecule has 0 aromatic carbocycles. The molecular formula is C12H19N3O5. The maximum atomic E-state index is 11.4. The average Bonchev–Trinajstić information content (AvgIpc) is 2.34. The standard InChI is InChI=1S/C12H19N3O5/c1-12(2,3)20-11(19)15-5-8(16)10(18)7-4-14-9(17)6-13-7/h4,6,8,10,16,18H,5H2,1-3H3,(H,14,17)(H,15,19). The van der Waals surface area contributed by atoms with Crippen LogP contribution in [-0.4, -0.2) is 44.5 Å². The summed E-state index contributed by atoms with van der Waals surface area (Å²) < 4.78 is 4.98. The van der Waals surface area contributed by atoms with Gasteiger partial charge in [-0.05, 0) is 20.8 Å². The average molecular weight is 285 g/mol. The van der Waals surface area contributed by atoms with Crippen LogP contribution in [0, 0.1) is 0 Å².